The first kappa shape index (κ1) is 14.7. The van der Waals surface area contributed by atoms with Crippen LogP contribution in [0.3, 0.4) is 0 Å². The fraction of sp³-hybridized carbons (Fsp3) is 1.00. The van der Waals surface area contributed by atoms with Gasteiger partial charge in [0.2, 0.25) is 0 Å². The van der Waals surface area contributed by atoms with Gasteiger partial charge in [0.15, 0.2) is 8.32 Å². The van der Waals surface area contributed by atoms with Gasteiger partial charge < -0.3 is 4.43 Å². The highest BCUT2D eigenvalue weighted by Crippen LogP contribution is 2.24. The van der Waals surface area contributed by atoms with E-state index in [1.807, 2.05) is 7.11 Å². The first-order valence-corrected chi connectivity index (χ1v) is 12.7. The zero-order valence-corrected chi connectivity index (χ0v) is 13.3. The molecule has 0 atom stereocenters. The fourth-order valence-corrected chi connectivity index (χ4v) is 8.58. The minimum absolute atomic E-state index is 0.945. The van der Waals surface area contributed by atoms with Gasteiger partial charge in [-0.15, -0.1) is 0 Å². The molecule has 0 spiro atoms. The Hall–Kier alpha value is 0.744. The van der Waals surface area contributed by atoms with E-state index in [9.17, 15) is 0 Å². The topological polar surface area (TPSA) is 9.23 Å². The molecule has 0 saturated heterocycles. The molecule has 0 saturated carbocycles. The second-order valence-corrected chi connectivity index (χ2v) is 15.7. The van der Waals surface area contributed by atoms with E-state index in [4.69, 9.17) is 4.43 Å². The number of hydrogen-bond donors (Lipinski definition) is 1. The minimum atomic E-state index is -1.31. The molecule has 0 aromatic carbocycles. The van der Waals surface area contributed by atoms with Crippen molar-refractivity contribution in [2.45, 2.75) is 50.7 Å². The third-order valence-electron chi connectivity index (χ3n) is 2.97. The van der Waals surface area contributed by atoms with Crippen LogP contribution in [0.4, 0.5) is 0 Å². The largest absolute Gasteiger partial charge is 0.420 e. The Labute approximate surface area is 97.2 Å². The average Bonchev–Trinajstić information content (AvgIpc) is 2.12. The lowest BCUT2D eigenvalue weighted by Crippen LogP contribution is -2.34. The first-order valence-electron chi connectivity index (χ1n) is 5.49. The maximum absolute atomic E-state index is 5.58. The van der Waals surface area contributed by atoms with Crippen molar-refractivity contribution in [2.75, 3.05) is 12.9 Å². The van der Waals surface area contributed by atoms with Crippen molar-refractivity contribution in [2.24, 2.45) is 0 Å². The highest BCUT2D eigenvalue weighted by atomic mass is 32.1. The van der Waals surface area contributed by atoms with Gasteiger partial charge in [-0.05, 0) is 31.3 Å². The summed E-state index contributed by atoms with van der Waals surface area (Å²) in [6.45, 7) is 9.62. The summed E-state index contributed by atoms with van der Waals surface area (Å²) in [5.41, 5.74) is 0. The molecule has 1 nitrogen and oxygen atoms in total. The monoisotopic (exact) mass is 250 g/mol. The van der Waals surface area contributed by atoms with Gasteiger partial charge in [0.25, 0.3) is 0 Å². The van der Waals surface area contributed by atoms with Crippen molar-refractivity contribution >= 4 is 29.0 Å². The fourth-order valence-electron chi connectivity index (χ4n) is 1.42. The summed E-state index contributed by atoms with van der Waals surface area (Å²) in [4.78, 5) is 0. The van der Waals surface area contributed by atoms with Gasteiger partial charge in [-0.2, -0.15) is 12.6 Å². The van der Waals surface area contributed by atoms with Crippen LogP contribution in [0.1, 0.15) is 6.42 Å². The molecular formula is C10H26OSSi2. The van der Waals surface area contributed by atoms with E-state index in [0.717, 1.165) is 5.75 Å². The summed E-state index contributed by atoms with van der Waals surface area (Å²) in [6, 6.07) is 4.17. The summed E-state index contributed by atoms with van der Waals surface area (Å²) in [5, 5.41) is 0. The van der Waals surface area contributed by atoms with E-state index < -0.39 is 16.4 Å². The highest BCUT2D eigenvalue weighted by molar-refractivity contribution is 7.80. The molecule has 0 aliphatic rings. The molecule has 0 aromatic rings. The smallest absolute Gasteiger partial charge is 0.185 e. The Balaban J connectivity index is 3.85. The molecule has 0 bridgehead atoms. The van der Waals surface area contributed by atoms with Crippen molar-refractivity contribution < 1.29 is 4.43 Å². The normalized spacial score (nSPS) is 13.3. The summed E-state index contributed by atoms with van der Waals surface area (Å²) in [7, 11) is -0.386. The van der Waals surface area contributed by atoms with Crippen LogP contribution in [0.25, 0.3) is 0 Å². The van der Waals surface area contributed by atoms with Crippen LogP contribution >= 0.6 is 12.6 Å². The van der Waals surface area contributed by atoms with Gasteiger partial charge in [0, 0.05) is 15.2 Å². The van der Waals surface area contributed by atoms with Crippen molar-refractivity contribution in [3.63, 3.8) is 0 Å². The van der Waals surface area contributed by atoms with Crippen molar-refractivity contribution in [1.29, 1.82) is 0 Å². The molecule has 0 aromatic heterocycles. The van der Waals surface area contributed by atoms with Crippen LogP contribution in [0, 0.1) is 0 Å². The van der Waals surface area contributed by atoms with Crippen molar-refractivity contribution in [3.05, 3.63) is 0 Å². The standard InChI is InChI=1S/C10H26OSSi2/c1-11-14(4,5)10-9-13(2,3)8-6-7-12/h12H,6-10H2,1-5H3. The zero-order valence-electron chi connectivity index (χ0n) is 10.4. The Bertz CT molecular complexity index is 160. The van der Waals surface area contributed by atoms with Crippen LogP contribution in [0.15, 0.2) is 0 Å². The number of rotatable bonds is 7. The van der Waals surface area contributed by atoms with Crippen LogP contribution in [0.2, 0.25) is 44.3 Å². The maximum atomic E-state index is 5.58. The van der Waals surface area contributed by atoms with E-state index >= 15 is 0 Å². The zero-order chi connectivity index (χ0) is 11.2. The van der Waals surface area contributed by atoms with Crippen LogP contribution in [-0.4, -0.2) is 29.3 Å². The number of hydrogen-bond acceptors (Lipinski definition) is 2. The van der Waals surface area contributed by atoms with Crippen LogP contribution in [-0.2, 0) is 4.43 Å². The highest BCUT2D eigenvalue weighted by Gasteiger charge is 2.26. The van der Waals surface area contributed by atoms with E-state index in [1.54, 1.807) is 0 Å². The molecule has 4 heteroatoms. The molecule has 0 rings (SSSR count). The molecule has 0 N–H and O–H groups in total. The van der Waals surface area contributed by atoms with Crippen molar-refractivity contribution in [3.8, 4) is 0 Å². The Kier molecular flexibility index (Phi) is 6.69. The van der Waals surface area contributed by atoms with Crippen LogP contribution in [0.5, 0.6) is 0 Å². The minimum Gasteiger partial charge on any atom is -0.420 e. The lowest BCUT2D eigenvalue weighted by molar-refractivity contribution is 0.405. The molecule has 0 heterocycles. The summed E-state index contributed by atoms with van der Waals surface area (Å²) in [6.07, 6.45) is 1.29. The van der Waals surface area contributed by atoms with Gasteiger partial charge >= 0.3 is 0 Å². The van der Waals surface area contributed by atoms with Gasteiger partial charge in [0.05, 0.1) is 0 Å². The molecule has 0 aliphatic carbocycles. The summed E-state index contributed by atoms with van der Waals surface area (Å²) in [5.74, 6) is 1.04. The lowest BCUT2D eigenvalue weighted by Gasteiger charge is -2.27. The van der Waals surface area contributed by atoms with E-state index in [2.05, 4.69) is 38.8 Å². The van der Waals surface area contributed by atoms with Gasteiger partial charge in [-0.25, -0.2) is 0 Å². The molecule has 14 heavy (non-hydrogen) atoms. The Morgan fingerprint density at radius 2 is 1.57 bits per heavy atom. The number of thiol groups is 1. The van der Waals surface area contributed by atoms with E-state index in [-0.39, 0.29) is 0 Å². The second-order valence-electron chi connectivity index (χ2n) is 5.46. The molecule has 0 fully saturated rings. The van der Waals surface area contributed by atoms with Gasteiger partial charge in [-0.1, -0.05) is 25.2 Å². The first-order chi connectivity index (χ1) is 6.33. The SMILES string of the molecule is CO[Si](C)(C)CC[Si](C)(C)CCCS. The molecule has 0 amide bonds. The summed E-state index contributed by atoms with van der Waals surface area (Å²) < 4.78 is 5.58. The third-order valence-corrected chi connectivity index (χ3v) is 9.65. The predicted molar refractivity (Wildman–Crippen MR) is 74.9 cm³/mol. The molecule has 86 valence electrons. The maximum Gasteiger partial charge on any atom is 0.185 e. The second kappa shape index (κ2) is 6.35. The van der Waals surface area contributed by atoms with E-state index in [1.165, 1.54) is 24.6 Å². The van der Waals surface area contributed by atoms with Gasteiger partial charge in [-0.3, -0.25) is 0 Å². The lowest BCUT2D eigenvalue weighted by atomic mass is 10.6. The Morgan fingerprint density at radius 1 is 1.00 bits per heavy atom. The quantitative estimate of drug-likeness (QED) is 0.533. The van der Waals surface area contributed by atoms with Crippen LogP contribution < -0.4 is 0 Å². The molecule has 0 unspecified atom stereocenters. The molecular weight excluding hydrogens is 224 g/mol. The van der Waals surface area contributed by atoms with Gasteiger partial charge in [0.1, 0.15) is 0 Å². The Morgan fingerprint density at radius 3 is 2.00 bits per heavy atom. The average molecular weight is 251 g/mol. The van der Waals surface area contributed by atoms with Crippen molar-refractivity contribution in [1.82, 2.24) is 0 Å². The molecule has 0 aliphatic heterocycles. The van der Waals surface area contributed by atoms with E-state index in [0.29, 0.717) is 0 Å². The molecule has 0 radical (unpaired) electrons. The predicted octanol–water partition coefficient (Wildman–Crippen LogP) is 3.87. The summed E-state index contributed by atoms with van der Waals surface area (Å²) >= 11 is 4.28. The third kappa shape index (κ3) is 7.09.